The summed E-state index contributed by atoms with van der Waals surface area (Å²) in [5.41, 5.74) is 12.6. The van der Waals surface area contributed by atoms with E-state index in [1.165, 1.54) is 64.6 Å². The van der Waals surface area contributed by atoms with E-state index >= 15 is 0 Å². The van der Waals surface area contributed by atoms with Crippen molar-refractivity contribution < 1.29 is 0 Å². The molecule has 9 rings (SSSR count). The highest BCUT2D eigenvalue weighted by Crippen LogP contribution is 2.57. The van der Waals surface area contributed by atoms with Crippen LogP contribution in [0.3, 0.4) is 0 Å². The van der Waals surface area contributed by atoms with Crippen LogP contribution in [0.4, 0.5) is 0 Å². The molecule has 6 aromatic rings. The molecule has 1 fully saturated rings. The highest BCUT2D eigenvalue weighted by Gasteiger charge is 2.45. The van der Waals surface area contributed by atoms with Crippen molar-refractivity contribution in [3.8, 4) is 33.9 Å². The highest BCUT2D eigenvalue weighted by atomic mass is 15.0. The Morgan fingerprint density at radius 3 is 1.71 bits per heavy atom. The first-order valence-electron chi connectivity index (χ1n) is 17.2. The van der Waals surface area contributed by atoms with Gasteiger partial charge in [-0.25, -0.2) is 15.0 Å². The van der Waals surface area contributed by atoms with Gasteiger partial charge >= 0.3 is 0 Å². The van der Waals surface area contributed by atoms with E-state index in [2.05, 4.69) is 116 Å². The van der Waals surface area contributed by atoms with Gasteiger partial charge in [-0.05, 0) is 69.9 Å². The standard InChI is InChI=1S/C45H37N3/c1-44(36-23-24-38-37-21-11-12-22-39(37)45(40(38)28-36)25-13-14-26-45)29-34(31-15-5-2-6-16-31)27-35(30-44)43-47-41(32-17-7-3-8-18-32)46-42(48-43)33-19-9-4-10-20-33/h2-12,15-24,27-29H,13-14,25-26,30H2,1H3. The molecule has 1 spiro atoms. The third kappa shape index (κ3) is 4.76. The zero-order valence-electron chi connectivity index (χ0n) is 27.2. The largest absolute Gasteiger partial charge is 0.209 e. The first-order valence-corrected chi connectivity index (χ1v) is 17.2. The van der Waals surface area contributed by atoms with E-state index in [9.17, 15) is 0 Å². The van der Waals surface area contributed by atoms with Gasteiger partial charge in [-0.3, -0.25) is 0 Å². The molecule has 48 heavy (non-hydrogen) atoms. The summed E-state index contributed by atoms with van der Waals surface area (Å²) in [5, 5.41) is 0. The lowest BCUT2D eigenvalue weighted by molar-refractivity contribution is 0.545. The highest BCUT2D eigenvalue weighted by molar-refractivity contribution is 5.88. The van der Waals surface area contributed by atoms with Crippen molar-refractivity contribution in [1.82, 2.24) is 15.0 Å². The molecule has 0 amide bonds. The molecule has 1 unspecified atom stereocenters. The Morgan fingerprint density at radius 1 is 0.521 bits per heavy atom. The van der Waals surface area contributed by atoms with Gasteiger partial charge in [-0.15, -0.1) is 0 Å². The molecule has 5 aromatic carbocycles. The molecule has 232 valence electrons. The molecule has 0 N–H and O–H groups in total. The number of rotatable bonds is 5. The first kappa shape index (κ1) is 28.8. The van der Waals surface area contributed by atoms with Crippen molar-refractivity contribution in [3.63, 3.8) is 0 Å². The summed E-state index contributed by atoms with van der Waals surface area (Å²) in [6.07, 6.45) is 10.6. The van der Waals surface area contributed by atoms with Gasteiger partial charge in [-0.2, -0.15) is 0 Å². The summed E-state index contributed by atoms with van der Waals surface area (Å²) in [4.78, 5) is 15.3. The van der Waals surface area contributed by atoms with Gasteiger partial charge in [0.05, 0.1) is 0 Å². The molecule has 0 bridgehead atoms. The van der Waals surface area contributed by atoms with Crippen LogP contribution in [-0.4, -0.2) is 15.0 Å². The minimum absolute atomic E-state index is 0.126. The maximum absolute atomic E-state index is 5.17. The smallest absolute Gasteiger partial charge is 0.164 e. The summed E-state index contributed by atoms with van der Waals surface area (Å²) in [7, 11) is 0. The average Bonchev–Trinajstić information content (AvgIpc) is 3.76. The van der Waals surface area contributed by atoms with Crippen LogP contribution < -0.4 is 0 Å². The van der Waals surface area contributed by atoms with Crippen LogP contribution in [0.25, 0.3) is 45.0 Å². The molecular formula is C45H37N3. The number of aromatic nitrogens is 3. The fourth-order valence-corrected chi connectivity index (χ4v) is 8.48. The molecule has 3 nitrogen and oxygen atoms in total. The van der Waals surface area contributed by atoms with Crippen LogP contribution in [0, 0.1) is 0 Å². The van der Waals surface area contributed by atoms with Crippen LogP contribution in [0.2, 0.25) is 0 Å². The third-order valence-electron chi connectivity index (χ3n) is 10.8. The van der Waals surface area contributed by atoms with Crippen LogP contribution in [0.15, 0.2) is 146 Å². The predicted molar refractivity (Wildman–Crippen MR) is 196 cm³/mol. The van der Waals surface area contributed by atoms with E-state index < -0.39 is 0 Å². The Labute approximate surface area is 282 Å². The molecule has 1 heterocycles. The topological polar surface area (TPSA) is 38.7 Å². The van der Waals surface area contributed by atoms with Crippen molar-refractivity contribution in [3.05, 3.63) is 174 Å². The van der Waals surface area contributed by atoms with Crippen LogP contribution in [-0.2, 0) is 10.8 Å². The third-order valence-corrected chi connectivity index (χ3v) is 10.8. The number of nitrogens with zero attached hydrogens (tertiary/aromatic N) is 3. The fourth-order valence-electron chi connectivity index (χ4n) is 8.48. The van der Waals surface area contributed by atoms with Crippen molar-refractivity contribution in [1.29, 1.82) is 0 Å². The van der Waals surface area contributed by atoms with E-state index in [1.54, 1.807) is 0 Å². The molecule has 3 aliphatic carbocycles. The predicted octanol–water partition coefficient (Wildman–Crippen LogP) is 10.9. The summed E-state index contributed by atoms with van der Waals surface area (Å²) in [6, 6.07) is 47.7. The van der Waals surface area contributed by atoms with Crippen LogP contribution in [0.1, 0.15) is 67.1 Å². The minimum Gasteiger partial charge on any atom is -0.209 e. The van der Waals surface area contributed by atoms with Gasteiger partial charge < -0.3 is 0 Å². The van der Waals surface area contributed by atoms with Crippen LogP contribution >= 0.6 is 0 Å². The Kier molecular flexibility index (Phi) is 6.83. The van der Waals surface area contributed by atoms with Gasteiger partial charge in [0.15, 0.2) is 17.5 Å². The second kappa shape index (κ2) is 11.4. The molecule has 0 saturated heterocycles. The molecule has 0 radical (unpaired) electrons. The summed E-state index contributed by atoms with van der Waals surface area (Å²) < 4.78 is 0. The Bertz CT molecular complexity index is 2150. The molecule has 3 heteroatoms. The van der Waals surface area contributed by atoms with E-state index in [0.29, 0.717) is 11.6 Å². The molecule has 3 aliphatic rings. The van der Waals surface area contributed by atoms with Crippen molar-refractivity contribution in [2.24, 2.45) is 0 Å². The number of allylic oxidation sites excluding steroid dienone is 4. The number of hydrogen-bond donors (Lipinski definition) is 0. The maximum Gasteiger partial charge on any atom is 0.164 e. The average molecular weight is 620 g/mol. The lowest BCUT2D eigenvalue weighted by atomic mass is 9.69. The Hall–Kier alpha value is -5.41. The monoisotopic (exact) mass is 619 g/mol. The first-order chi connectivity index (χ1) is 23.6. The molecular weight excluding hydrogens is 583 g/mol. The van der Waals surface area contributed by atoms with Crippen LogP contribution in [0.5, 0.6) is 0 Å². The lowest BCUT2D eigenvalue weighted by Crippen LogP contribution is -2.25. The van der Waals surface area contributed by atoms with Crippen molar-refractivity contribution >= 4 is 11.1 Å². The number of benzene rings is 5. The maximum atomic E-state index is 5.17. The van der Waals surface area contributed by atoms with E-state index in [1.807, 2.05) is 36.4 Å². The van der Waals surface area contributed by atoms with Gasteiger partial charge in [-0.1, -0.05) is 159 Å². The SMILES string of the molecule is CC1(c2ccc3c(c2)C2(CCCC2)c2ccccc2-3)C=C(c2ccccc2)C=C(c2nc(-c3ccccc3)nc(-c3ccccc3)n2)C1. The molecule has 1 saturated carbocycles. The zero-order chi connectivity index (χ0) is 32.1. The van der Waals surface area contributed by atoms with Crippen molar-refractivity contribution in [2.45, 2.75) is 49.9 Å². The summed E-state index contributed by atoms with van der Waals surface area (Å²) in [5.74, 6) is 2.11. The molecule has 1 aromatic heterocycles. The quantitative estimate of drug-likeness (QED) is 0.193. The van der Waals surface area contributed by atoms with Gasteiger partial charge in [0, 0.05) is 22.0 Å². The normalized spacial score (nSPS) is 19.0. The van der Waals surface area contributed by atoms with E-state index in [0.717, 1.165) is 28.9 Å². The van der Waals surface area contributed by atoms with Crippen molar-refractivity contribution in [2.75, 3.05) is 0 Å². The second-order valence-electron chi connectivity index (χ2n) is 13.9. The zero-order valence-corrected chi connectivity index (χ0v) is 27.2. The molecule has 0 aliphatic heterocycles. The van der Waals surface area contributed by atoms with Gasteiger partial charge in [0.2, 0.25) is 0 Å². The summed E-state index contributed by atoms with van der Waals surface area (Å²) >= 11 is 0. The van der Waals surface area contributed by atoms with Gasteiger partial charge in [0.25, 0.3) is 0 Å². The molecule has 1 atom stereocenters. The summed E-state index contributed by atoms with van der Waals surface area (Å²) in [6.45, 7) is 2.39. The van der Waals surface area contributed by atoms with E-state index in [-0.39, 0.29) is 10.8 Å². The second-order valence-corrected chi connectivity index (χ2v) is 13.9. The van der Waals surface area contributed by atoms with E-state index in [4.69, 9.17) is 15.0 Å². The number of hydrogen-bond acceptors (Lipinski definition) is 3. The van der Waals surface area contributed by atoms with Gasteiger partial charge in [0.1, 0.15) is 0 Å². The minimum atomic E-state index is -0.273. The Balaban J connectivity index is 1.21. The lowest BCUT2D eigenvalue weighted by Gasteiger charge is -2.34. The fraction of sp³-hybridized carbons (Fsp3) is 0.178. The Morgan fingerprint density at radius 2 is 1.06 bits per heavy atom. The number of fused-ring (bicyclic) bond motifs is 5.